The molecule has 5 heteroatoms. The van der Waals surface area contributed by atoms with Crippen molar-refractivity contribution in [2.45, 2.75) is 6.42 Å². The molecule has 0 heterocycles. The van der Waals surface area contributed by atoms with Crippen LogP contribution in [-0.4, -0.2) is 32.8 Å². The highest BCUT2D eigenvalue weighted by Gasteiger charge is 2.13. The molecule has 1 aromatic carbocycles. The van der Waals surface area contributed by atoms with Gasteiger partial charge >= 0.3 is 0 Å². The molecule has 0 aliphatic rings. The Balaban J connectivity index is 2.84. The largest absolute Gasteiger partial charge is 0.371 e. The van der Waals surface area contributed by atoms with Gasteiger partial charge in [-0.15, -0.1) is 0 Å². The van der Waals surface area contributed by atoms with Gasteiger partial charge in [-0.2, -0.15) is 0 Å². The molecule has 4 nitrogen and oxygen atoms in total. The summed E-state index contributed by atoms with van der Waals surface area (Å²) in [4.78, 5) is 23.5. The summed E-state index contributed by atoms with van der Waals surface area (Å²) in [5.41, 5.74) is 0.510. The van der Waals surface area contributed by atoms with Crippen molar-refractivity contribution < 1.29 is 14.0 Å². The molecule has 0 aliphatic carbocycles. The first kappa shape index (κ1) is 13.2. The molecule has 1 amide bonds. The third-order valence-corrected chi connectivity index (χ3v) is 2.48. The lowest BCUT2D eigenvalue weighted by Crippen LogP contribution is -2.27. The van der Waals surface area contributed by atoms with Crippen LogP contribution < -0.4 is 10.2 Å². The van der Waals surface area contributed by atoms with Crippen LogP contribution in [0.4, 0.5) is 10.1 Å². The first-order chi connectivity index (χ1) is 8.10. The van der Waals surface area contributed by atoms with Crippen molar-refractivity contribution in [1.29, 1.82) is 0 Å². The predicted molar refractivity (Wildman–Crippen MR) is 63.7 cm³/mol. The standard InChI is InChI=1S/C12H15FN2O2/c1-14-11(17)6-7-15(2)12-9(8-16)4-3-5-10(12)13/h3-5,8H,6-7H2,1-2H3,(H,14,17). The lowest BCUT2D eigenvalue weighted by atomic mass is 10.1. The van der Waals surface area contributed by atoms with Crippen molar-refractivity contribution >= 4 is 17.9 Å². The Morgan fingerprint density at radius 1 is 1.53 bits per heavy atom. The molecule has 0 atom stereocenters. The zero-order chi connectivity index (χ0) is 12.8. The predicted octanol–water partition coefficient (Wildman–Crippen LogP) is 1.21. The van der Waals surface area contributed by atoms with E-state index in [9.17, 15) is 14.0 Å². The van der Waals surface area contributed by atoms with Crippen LogP contribution in [0.3, 0.4) is 0 Å². The van der Waals surface area contributed by atoms with Gasteiger partial charge in [0.1, 0.15) is 5.82 Å². The van der Waals surface area contributed by atoms with E-state index in [1.54, 1.807) is 25.1 Å². The van der Waals surface area contributed by atoms with Gasteiger partial charge in [0.05, 0.1) is 5.69 Å². The Labute approximate surface area is 99.4 Å². The van der Waals surface area contributed by atoms with Crippen LogP contribution >= 0.6 is 0 Å². The number of rotatable bonds is 5. The molecule has 1 rings (SSSR count). The number of hydrogen-bond acceptors (Lipinski definition) is 3. The SMILES string of the molecule is CNC(=O)CCN(C)c1c(F)cccc1C=O. The highest BCUT2D eigenvalue weighted by molar-refractivity contribution is 5.85. The number of aldehydes is 1. The zero-order valence-electron chi connectivity index (χ0n) is 9.87. The molecule has 0 aromatic heterocycles. The summed E-state index contributed by atoms with van der Waals surface area (Å²) in [6, 6.07) is 4.32. The zero-order valence-corrected chi connectivity index (χ0v) is 9.87. The van der Waals surface area contributed by atoms with Gasteiger partial charge in [0.15, 0.2) is 6.29 Å². The van der Waals surface area contributed by atoms with E-state index in [-0.39, 0.29) is 23.6 Å². The fourth-order valence-electron chi connectivity index (χ4n) is 1.54. The van der Waals surface area contributed by atoms with E-state index in [1.807, 2.05) is 0 Å². The summed E-state index contributed by atoms with van der Waals surface area (Å²) in [5, 5.41) is 2.49. The summed E-state index contributed by atoms with van der Waals surface area (Å²) in [7, 11) is 3.19. The van der Waals surface area contributed by atoms with Gasteiger partial charge in [-0.25, -0.2) is 4.39 Å². The monoisotopic (exact) mass is 238 g/mol. The number of carbonyl (C=O) groups is 2. The average molecular weight is 238 g/mol. The molecule has 0 spiro atoms. The van der Waals surface area contributed by atoms with Gasteiger partial charge in [-0.05, 0) is 12.1 Å². The fraction of sp³-hybridized carbons (Fsp3) is 0.333. The van der Waals surface area contributed by atoms with Gasteiger partial charge in [0.25, 0.3) is 0 Å². The maximum absolute atomic E-state index is 13.6. The van der Waals surface area contributed by atoms with E-state index in [0.29, 0.717) is 12.8 Å². The second-order valence-corrected chi connectivity index (χ2v) is 3.64. The summed E-state index contributed by atoms with van der Waals surface area (Å²) in [6.07, 6.45) is 0.856. The van der Waals surface area contributed by atoms with Crippen LogP contribution in [0.2, 0.25) is 0 Å². The van der Waals surface area contributed by atoms with Crippen LogP contribution in [0.25, 0.3) is 0 Å². The van der Waals surface area contributed by atoms with Crippen LogP contribution in [0.1, 0.15) is 16.8 Å². The Morgan fingerprint density at radius 3 is 2.82 bits per heavy atom. The second kappa shape index (κ2) is 5.98. The van der Waals surface area contributed by atoms with Gasteiger partial charge in [0, 0.05) is 32.6 Å². The van der Waals surface area contributed by atoms with E-state index in [2.05, 4.69) is 5.32 Å². The first-order valence-corrected chi connectivity index (χ1v) is 5.25. The molecule has 17 heavy (non-hydrogen) atoms. The maximum atomic E-state index is 13.6. The van der Waals surface area contributed by atoms with E-state index >= 15 is 0 Å². The number of nitrogens with one attached hydrogen (secondary N) is 1. The van der Waals surface area contributed by atoms with Crippen LogP contribution in [0.5, 0.6) is 0 Å². The normalized spacial score (nSPS) is 9.82. The van der Waals surface area contributed by atoms with Crippen LogP contribution in [-0.2, 0) is 4.79 Å². The number of amides is 1. The Kier molecular flexibility index (Phi) is 4.63. The van der Waals surface area contributed by atoms with Crippen molar-refractivity contribution in [3.05, 3.63) is 29.6 Å². The topological polar surface area (TPSA) is 49.4 Å². The summed E-state index contributed by atoms with van der Waals surface area (Å²) >= 11 is 0. The van der Waals surface area contributed by atoms with Crippen molar-refractivity contribution in [2.24, 2.45) is 0 Å². The number of carbonyl (C=O) groups excluding carboxylic acids is 2. The molecular formula is C12H15FN2O2. The molecule has 0 bridgehead atoms. The van der Waals surface area contributed by atoms with Crippen molar-refractivity contribution in [3.8, 4) is 0 Å². The second-order valence-electron chi connectivity index (χ2n) is 3.64. The minimum Gasteiger partial charge on any atom is -0.371 e. The van der Waals surface area contributed by atoms with Crippen molar-refractivity contribution in [3.63, 3.8) is 0 Å². The first-order valence-electron chi connectivity index (χ1n) is 5.25. The molecule has 0 aliphatic heterocycles. The molecule has 0 fully saturated rings. The van der Waals surface area contributed by atoms with E-state index in [0.717, 1.165) is 0 Å². The molecule has 0 unspecified atom stereocenters. The van der Waals surface area contributed by atoms with E-state index in [4.69, 9.17) is 0 Å². The van der Waals surface area contributed by atoms with Gasteiger partial charge in [-0.3, -0.25) is 9.59 Å². The van der Waals surface area contributed by atoms with Gasteiger partial charge in [-0.1, -0.05) is 6.07 Å². The highest BCUT2D eigenvalue weighted by atomic mass is 19.1. The number of hydrogen-bond donors (Lipinski definition) is 1. The Morgan fingerprint density at radius 2 is 2.24 bits per heavy atom. The van der Waals surface area contributed by atoms with Crippen molar-refractivity contribution in [1.82, 2.24) is 5.32 Å². The van der Waals surface area contributed by atoms with Gasteiger partial charge < -0.3 is 10.2 Å². The fourth-order valence-corrected chi connectivity index (χ4v) is 1.54. The molecule has 0 saturated carbocycles. The summed E-state index contributed by atoms with van der Waals surface area (Å²) < 4.78 is 13.6. The molecule has 0 radical (unpaired) electrons. The van der Waals surface area contributed by atoms with E-state index in [1.165, 1.54) is 12.1 Å². The number of halogens is 1. The van der Waals surface area contributed by atoms with E-state index < -0.39 is 5.82 Å². The molecule has 1 aromatic rings. The minimum absolute atomic E-state index is 0.124. The quantitative estimate of drug-likeness (QED) is 0.784. The molecular weight excluding hydrogens is 223 g/mol. The third kappa shape index (κ3) is 3.27. The van der Waals surface area contributed by atoms with Crippen molar-refractivity contribution in [2.75, 3.05) is 25.5 Å². The summed E-state index contributed by atoms with van der Waals surface area (Å²) in [5.74, 6) is -0.588. The molecule has 92 valence electrons. The maximum Gasteiger partial charge on any atom is 0.221 e. The molecule has 0 saturated heterocycles. The highest BCUT2D eigenvalue weighted by Crippen LogP contribution is 2.22. The minimum atomic E-state index is -0.464. The molecule has 1 N–H and O–H groups in total. The van der Waals surface area contributed by atoms with Crippen LogP contribution in [0, 0.1) is 5.82 Å². The Hall–Kier alpha value is -1.91. The van der Waals surface area contributed by atoms with Gasteiger partial charge in [0.2, 0.25) is 5.91 Å². The lowest BCUT2D eigenvalue weighted by molar-refractivity contribution is -0.120. The van der Waals surface area contributed by atoms with Crippen LogP contribution in [0.15, 0.2) is 18.2 Å². The number of para-hydroxylation sites is 1. The average Bonchev–Trinajstić information content (AvgIpc) is 2.34. The number of anilines is 1. The lowest BCUT2D eigenvalue weighted by Gasteiger charge is -2.21. The number of nitrogens with zero attached hydrogens (tertiary/aromatic N) is 1. The Bertz CT molecular complexity index is 421. The smallest absolute Gasteiger partial charge is 0.221 e. The number of benzene rings is 1. The summed E-state index contributed by atoms with van der Waals surface area (Å²) in [6.45, 7) is 0.349. The third-order valence-electron chi connectivity index (χ3n) is 2.48.